The predicted octanol–water partition coefficient (Wildman–Crippen LogP) is 3.23. The van der Waals surface area contributed by atoms with E-state index in [2.05, 4.69) is 31.8 Å². The number of fused-ring (bicyclic) bond motifs is 1. The average Bonchev–Trinajstić information content (AvgIpc) is 3.49. The van der Waals surface area contributed by atoms with Gasteiger partial charge in [0.2, 0.25) is 11.7 Å². The van der Waals surface area contributed by atoms with E-state index in [1.54, 1.807) is 0 Å². The molecule has 3 aromatic heterocycles. The lowest BCUT2D eigenvalue weighted by atomic mass is 9.52. The first kappa shape index (κ1) is 20.8. The molecule has 0 radical (unpaired) electrons. The van der Waals surface area contributed by atoms with Gasteiger partial charge in [0.15, 0.2) is 0 Å². The van der Waals surface area contributed by atoms with Gasteiger partial charge >= 0.3 is 0 Å². The fraction of sp³-hybridized carbons (Fsp3) is 0.640. The van der Waals surface area contributed by atoms with Crippen LogP contribution < -0.4 is 10.6 Å². The number of pyridine rings is 1. The molecule has 4 aliphatic carbocycles. The molecule has 1 saturated heterocycles. The maximum absolute atomic E-state index is 11.0. The molecule has 0 spiro atoms. The Labute approximate surface area is 198 Å². The number of aliphatic hydroxyl groups is 1. The molecule has 9 nitrogen and oxygen atoms in total. The Balaban J connectivity index is 1.17. The second-order valence-electron chi connectivity index (χ2n) is 10.9. The summed E-state index contributed by atoms with van der Waals surface area (Å²) < 4.78 is 11.0. The molecule has 8 rings (SSSR count). The normalized spacial score (nSPS) is 33.1. The Morgan fingerprint density at radius 2 is 1.97 bits per heavy atom. The summed E-state index contributed by atoms with van der Waals surface area (Å²) in [6, 6.07) is 2.83. The monoisotopic (exact) mass is 464 g/mol. The molecule has 2 unspecified atom stereocenters. The molecule has 4 saturated carbocycles. The van der Waals surface area contributed by atoms with Crippen LogP contribution in [0.4, 0.5) is 5.69 Å². The van der Waals surface area contributed by atoms with Crippen molar-refractivity contribution in [1.29, 1.82) is 0 Å². The van der Waals surface area contributed by atoms with Crippen LogP contribution >= 0.6 is 0 Å². The summed E-state index contributed by atoms with van der Waals surface area (Å²) in [5.41, 5.74) is 2.28. The lowest BCUT2D eigenvalue weighted by Gasteiger charge is -2.58. The Hall–Kier alpha value is -2.49. The van der Waals surface area contributed by atoms with E-state index in [9.17, 15) is 5.11 Å². The SMILES string of the molecule is O[C@]12CC3CC(C1)[C@H](Nc1c(-c4noc(CNC5CCOCC5)n4)cnc4[nH]ccc14)C(C3)C2. The van der Waals surface area contributed by atoms with E-state index in [1.165, 1.54) is 12.8 Å². The van der Waals surface area contributed by atoms with Crippen LogP contribution in [-0.4, -0.2) is 56.1 Å². The van der Waals surface area contributed by atoms with E-state index in [1.807, 2.05) is 12.4 Å². The summed E-state index contributed by atoms with van der Waals surface area (Å²) in [4.78, 5) is 12.6. The number of H-pyrrole nitrogens is 1. The largest absolute Gasteiger partial charge is 0.390 e. The third-order valence-corrected chi connectivity index (χ3v) is 8.61. The molecule has 5 fully saturated rings. The van der Waals surface area contributed by atoms with Crippen LogP contribution in [0, 0.1) is 17.8 Å². The van der Waals surface area contributed by atoms with E-state index >= 15 is 0 Å². The van der Waals surface area contributed by atoms with Crippen molar-refractivity contribution < 1.29 is 14.4 Å². The number of aromatic amines is 1. The van der Waals surface area contributed by atoms with Gasteiger partial charge in [-0.25, -0.2) is 4.98 Å². The van der Waals surface area contributed by atoms with Gasteiger partial charge in [-0.05, 0) is 68.8 Å². The van der Waals surface area contributed by atoms with Gasteiger partial charge in [-0.3, -0.25) is 0 Å². The van der Waals surface area contributed by atoms with Crippen molar-refractivity contribution in [2.24, 2.45) is 17.8 Å². The number of nitrogens with one attached hydrogen (secondary N) is 3. The van der Waals surface area contributed by atoms with Gasteiger partial charge in [-0.2, -0.15) is 4.98 Å². The van der Waals surface area contributed by atoms with E-state index in [0.717, 1.165) is 67.6 Å². The topological polar surface area (TPSA) is 121 Å². The Bertz CT molecular complexity index is 1170. The molecule has 4 bridgehead atoms. The van der Waals surface area contributed by atoms with Crippen molar-refractivity contribution in [2.75, 3.05) is 18.5 Å². The van der Waals surface area contributed by atoms with Crippen LogP contribution in [-0.2, 0) is 11.3 Å². The first-order valence-corrected chi connectivity index (χ1v) is 12.7. The number of hydrogen-bond acceptors (Lipinski definition) is 8. The number of anilines is 1. The average molecular weight is 465 g/mol. The fourth-order valence-electron chi connectivity index (χ4n) is 7.29. The minimum absolute atomic E-state index is 0.345. The predicted molar refractivity (Wildman–Crippen MR) is 126 cm³/mol. The number of rotatable bonds is 6. The maximum atomic E-state index is 11.0. The Kier molecular flexibility index (Phi) is 4.93. The molecule has 0 aromatic carbocycles. The lowest BCUT2D eigenvalue weighted by Crippen LogP contribution is -2.59. The molecule has 3 aromatic rings. The number of nitrogens with zero attached hydrogens (tertiary/aromatic N) is 3. The van der Waals surface area contributed by atoms with E-state index in [4.69, 9.17) is 14.2 Å². The first-order valence-electron chi connectivity index (χ1n) is 12.7. The number of aromatic nitrogens is 4. The zero-order valence-electron chi connectivity index (χ0n) is 19.3. The molecule has 34 heavy (non-hydrogen) atoms. The summed E-state index contributed by atoms with van der Waals surface area (Å²) in [7, 11) is 0. The van der Waals surface area contributed by atoms with Gasteiger partial charge in [-0.1, -0.05) is 5.16 Å². The molecule has 5 aliphatic rings. The summed E-state index contributed by atoms with van der Waals surface area (Å²) in [6.07, 6.45) is 11.0. The van der Waals surface area contributed by atoms with Crippen LogP contribution in [0.25, 0.3) is 22.4 Å². The van der Waals surface area contributed by atoms with Crippen LogP contribution in [0.2, 0.25) is 0 Å². The second-order valence-corrected chi connectivity index (χ2v) is 10.9. The summed E-state index contributed by atoms with van der Waals surface area (Å²) in [5.74, 6) is 2.81. The van der Waals surface area contributed by atoms with Gasteiger partial charge in [0.1, 0.15) is 5.65 Å². The van der Waals surface area contributed by atoms with Gasteiger partial charge < -0.3 is 30.0 Å². The fourth-order valence-corrected chi connectivity index (χ4v) is 7.29. The van der Waals surface area contributed by atoms with E-state index in [0.29, 0.717) is 48.1 Å². The third-order valence-electron chi connectivity index (χ3n) is 8.61. The Morgan fingerprint density at radius 1 is 1.15 bits per heavy atom. The molecule has 4 heterocycles. The zero-order chi connectivity index (χ0) is 22.7. The standard InChI is InChI=1S/C25H32N6O3/c32-25-9-14-7-15(10-25)21(16(8-14)11-25)30-22-18-1-4-26-23(18)28-12-19(22)24-29-20(34-31-24)13-27-17-2-5-33-6-3-17/h1,4,12,14-17,21,27,32H,2-3,5-11,13H2,(H2,26,28,30)/t14?,15?,16?,21-,25+. The highest BCUT2D eigenvalue weighted by Gasteiger charge is 2.54. The maximum Gasteiger partial charge on any atom is 0.240 e. The highest BCUT2D eigenvalue weighted by Crippen LogP contribution is 2.56. The summed E-state index contributed by atoms with van der Waals surface area (Å²) in [6.45, 7) is 2.14. The van der Waals surface area contributed by atoms with Crippen LogP contribution in [0.1, 0.15) is 50.8 Å². The van der Waals surface area contributed by atoms with Crippen molar-refractivity contribution >= 4 is 16.7 Å². The quantitative estimate of drug-likeness (QED) is 0.439. The number of ether oxygens (including phenoxy) is 1. The second kappa shape index (κ2) is 8.03. The van der Waals surface area contributed by atoms with Crippen LogP contribution in [0.3, 0.4) is 0 Å². The van der Waals surface area contributed by atoms with Crippen LogP contribution in [0.5, 0.6) is 0 Å². The minimum Gasteiger partial charge on any atom is -0.390 e. The highest BCUT2D eigenvalue weighted by atomic mass is 16.5. The van der Waals surface area contributed by atoms with Gasteiger partial charge in [0, 0.05) is 43.1 Å². The van der Waals surface area contributed by atoms with Gasteiger partial charge in [0.05, 0.1) is 23.4 Å². The molecule has 9 heteroatoms. The van der Waals surface area contributed by atoms with Crippen molar-refractivity contribution in [3.05, 3.63) is 24.4 Å². The molecule has 1 aliphatic heterocycles. The molecular formula is C25H32N6O3. The van der Waals surface area contributed by atoms with Crippen LogP contribution in [0.15, 0.2) is 23.0 Å². The smallest absolute Gasteiger partial charge is 0.240 e. The van der Waals surface area contributed by atoms with E-state index < -0.39 is 5.60 Å². The van der Waals surface area contributed by atoms with Gasteiger partial charge in [-0.15, -0.1) is 0 Å². The zero-order valence-corrected chi connectivity index (χ0v) is 19.3. The molecular weight excluding hydrogens is 432 g/mol. The summed E-state index contributed by atoms with van der Waals surface area (Å²) >= 11 is 0. The highest BCUT2D eigenvalue weighted by molar-refractivity contribution is 5.97. The summed E-state index contributed by atoms with van der Waals surface area (Å²) in [5, 5.41) is 23.8. The van der Waals surface area contributed by atoms with Crippen molar-refractivity contribution in [3.63, 3.8) is 0 Å². The third kappa shape index (κ3) is 3.61. The Morgan fingerprint density at radius 3 is 2.76 bits per heavy atom. The van der Waals surface area contributed by atoms with Crippen molar-refractivity contribution in [3.8, 4) is 11.4 Å². The molecule has 180 valence electrons. The molecule has 0 amide bonds. The molecule has 2 atom stereocenters. The number of hydrogen-bond donors (Lipinski definition) is 4. The van der Waals surface area contributed by atoms with Crippen molar-refractivity contribution in [1.82, 2.24) is 25.4 Å². The van der Waals surface area contributed by atoms with E-state index in [-0.39, 0.29) is 0 Å². The first-order chi connectivity index (χ1) is 16.6. The lowest BCUT2D eigenvalue weighted by molar-refractivity contribution is -0.129. The minimum atomic E-state index is -0.445. The van der Waals surface area contributed by atoms with Crippen molar-refractivity contribution in [2.45, 2.75) is 69.2 Å². The molecule has 4 N–H and O–H groups in total. The van der Waals surface area contributed by atoms with Gasteiger partial charge in [0.25, 0.3) is 0 Å².